The Labute approximate surface area is 62.8 Å². The Morgan fingerprint density at radius 2 is 2.00 bits per heavy atom. The third-order valence-corrected chi connectivity index (χ3v) is 2.33. The van der Waals surface area contributed by atoms with E-state index >= 15 is 0 Å². The molecule has 1 fully saturated rings. The molecule has 60 valence electrons. The van der Waals surface area contributed by atoms with Gasteiger partial charge in [-0.15, -0.1) is 0 Å². The summed E-state index contributed by atoms with van der Waals surface area (Å²) in [6, 6.07) is 0.583. The van der Waals surface area contributed by atoms with Gasteiger partial charge in [0.15, 0.2) is 0 Å². The van der Waals surface area contributed by atoms with E-state index in [2.05, 4.69) is 25.7 Å². The number of hydrogen-bond donors (Lipinski definition) is 1. The molecule has 2 atom stereocenters. The zero-order valence-corrected chi connectivity index (χ0v) is 7.04. The third kappa shape index (κ3) is 1.50. The van der Waals surface area contributed by atoms with E-state index in [9.17, 15) is 5.11 Å². The summed E-state index contributed by atoms with van der Waals surface area (Å²) in [5, 5.41) is 9.38. The molecule has 1 saturated heterocycles. The molecular weight excluding hydrogens is 126 g/mol. The van der Waals surface area contributed by atoms with Gasteiger partial charge in [0.1, 0.15) is 0 Å². The van der Waals surface area contributed by atoms with Crippen molar-refractivity contribution in [3.63, 3.8) is 0 Å². The maximum atomic E-state index is 9.38. The monoisotopic (exact) mass is 143 g/mol. The van der Waals surface area contributed by atoms with Gasteiger partial charge < -0.3 is 5.11 Å². The third-order valence-electron chi connectivity index (χ3n) is 2.33. The van der Waals surface area contributed by atoms with Crippen molar-refractivity contribution in [3.05, 3.63) is 0 Å². The van der Waals surface area contributed by atoms with Gasteiger partial charge in [0.05, 0.1) is 6.10 Å². The van der Waals surface area contributed by atoms with Crippen LogP contribution in [0.25, 0.3) is 0 Å². The van der Waals surface area contributed by atoms with Gasteiger partial charge in [0, 0.05) is 19.1 Å². The van der Waals surface area contributed by atoms with Crippen molar-refractivity contribution >= 4 is 0 Å². The average molecular weight is 143 g/mol. The Bertz CT molecular complexity index is 104. The second-order valence-corrected chi connectivity index (χ2v) is 3.59. The summed E-state index contributed by atoms with van der Waals surface area (Å²) in [4.78, 5) is 2.31. The summed E-state index contributed by atoms with van der Waals surface area (Å²) in [5.74, 6) is 0.461. The molecule has 1 heterocycles. The van der Waals surface area contributed by atoms with E-state index in [1.54, 1.807) is 0 Å². The van der Waals surface area contributed by atoms with Gasteiger partial charge in [-0.25, -0.2) is 0 Å². The van der Waals surface area contributed by atoms with E-state index < -0.39 is 0 Å². The van der Waals surface area contributed by atoms with Gasteiger partial charge in [-0.2, -0.15) is 0 Å². The predicted octanol–water partition coefficient (Wildman–Crippen LogP) is 0.707. The predicted molar refractivity (Wildman–Crippen MR) is 41.9 cm³/mol. The van der Waals surface area contributed by atoms with Gasteiger partial charge in [-0.05, 0) is 19.8 Å². The molecule has 0 saturated carbocycles. The Hall–Kier alpha value is -0.0800. The minimum absolute atomic E-state index is 0.0950. The van der Waals surface area contributed by atoms with E-state index in [1.807, 2.05) is 0 Å². The number of aliphatic hydroxyl groups is 1. The summed E-state index contributed by atoms with van der Waals surface area (Å²) in [6.45, 7) is 8.36. The molecule has 10 heavy (non-hydrogen) atoms. The van der Waals surface area contributed by atoms with E-state index in [4.69, 9.17) is 0 Å². The van der Waals surface area contributed by atoms with Crippen LogP contribution in [-0.4, -0.2) is 35.2 Å². The van der Waals surface area contributed by atoms with Crippen LogP contribution in [0, 0.1) is 5.92 Å². The molecule has 2 heteroatoms. The highest BCUT2D eigenvalue weighted by Gasteiger charge is 2.28. The van der Waals surface area contributed by atoms with Crippen molar-refractivity contribution in [2.24, 2.45) is 5.92 Å². The van der Waals surface area contributed by atoms with Crippen LogP contribution >= 0.6 is 0 Å². The summed E-state index contributed by atoms with van der Waals surface area (Å²) >= 11 is 0. The topological polar surface area (TPSA) is 23.5 Å². The summed E-state index contributed by atoms with van der Waals surface area (Å²) in [5.41, 5.74) is 0. The standard InChI is InChI=1S/C8H17NO/c1-6(2)9-4-7(3)8(10)5-9/h6-8,10H,4-5H2,1-3H3/t7-,8-/m1/s1. The highest BCUT2D eigenvalue weighted by molar-refractivity contribution is 4.82. The van der Waals surface area contributed by atoms with Crippen LogP contribution in [0.15, 0.2) is 0 Å². The van der Waals surface area contributed by atoms with Crippen LogP contribution in [0.3, 0.4) is 0 Å². The molecule has 1 aliphatic rings. The SMILES string of the molecule is CC(C)N1C[C@@H](C)[C@H](O)C1. The molecule has 0 unspecified atom stereocenters. The van der Waals surface area contributed by atoms with Crippen molar-refractivity contribution in [1.29, 1.82) is 0 Å². The van der Waals surface area contributed by atoms with Gasteiger partial charge in [-0.3, -0.25) is 4.90 Å². The number of hydrogen-bond acceptors (Lipinski definition) is 2. The zero-order chi connectivity index (χ0) is 7.72. The second kappa shape index (κ2) is 2.89. The molecule has 0 aromatic carbocycles. The van der Waals surface area contributed by atoms with Crippen molar-refractivity contribution in [2.45, 2.75) is 32.9 Å². The molecule has 2 nitrogen and oxygen atoms in total. The van der Waals surface area contributed by atoms with Crippen LogP contribution in [0.5, 0.6) is 0 Å². The molecule has 0 aliphatic carbocycles. The number of β-amino-alcohol motifs (C(OH)–C–C–N with tert-alkyl or cyclic N) is 1. The van der Waals surface area contributed by atoms with Crippen molar-refractivity contribution in [1.82, 2.24) is 4.90 Å². The smallest absolute Gasteiger partial charge is 0.0704 e. The first kappa shape index (κ1) is 8.02. The molecule has 1 rings (SSSR count). The number of likely N-dealkylation sites (tertiary alicyclic amines) is 1. The quantitative estimate of drug-likeness (QED) is 0.584. The van der Waals surface area contributed by atoms with Crippen LogP contribution < -0.4 is 0 Å². The lowest BCUT2D eigenvalue weighted by Crippen LogP contribution is -2.29. The molecule has 0 aromatic rings. The average Bonchev–Trinajstić information content (AvgIpc) is 2.13. The van der Waals surface area contributed by atoms with Crippen LogP contribution in [0.2, 0.25) is 0 Å². The molecule has 1 aliphatic heterocycles. The summed E-state index contributed by atoms with van der Waals surface area (Å²) in [6.07, 6.45) is -0.0950. The molecule has 0 aromatic heterocycles. The Balaban J connectivity index is 2.41. The lowest BCUT2D eigenvalue weighted by molar-refractivity contribution is 0.144. The van der Waals surface area contributed by atoms with Gasteiger partial charge in [0.25, 0.3) is 0 Å². The van der Waals surface area contributed by atoms with Crippen molar-refractivity contribution < 1.29 is 5.11 Å². The highest BCUT2D eigenvalue weighted by Crippen LogP contribution is 2.17. The Morgan fingerprint density at radius 1 is 1.40 bits per heavy atom. The van der Waals surface area contributed by atoms with E-state index in [0.29, 0.717) is 12.0 Å². The minimum atomic E-state index is -0.0950. The number of aliphatic hydroxyl groups excluding tert-OH is 1. The minimum Gasteiger partial charge on any atom is -0.391 e. The van der Waals surface area contributed by atoms with E-state index in [-0.39, 0.29) is 6.10 Å². The molecular formula is C8H17NO. The first-order chi connectivity index (χ1) is 4.61. The molecule has 0 spiro atoms. The molecule has 0 radical (unpaired) electrons. The summed E-state index contributed by atoms with van der Waals surface area (Å²) < 4.78 is 0. The lowest BCUT2D eigenvalue weighted by atomic mass is 10.1. The van der Waals surface area contributed by atoms with Crippen LogP contribution in [-0.2, 0) is 0 Å². The highest BCUT2D eigenvalue weighted by atomic mass is 16.3. The normalized spacial score (nSPS) is 35.7. The van der Waals surface area contributed by atoms with Crippen LogP contribution in [0.4, 0.5) is 0 Å². The van der Waals surface area contributed by atoms with E-state index in [1.165, 1.54) is 0 Å². The maximum absolute atomic E-state index is 9.38. The lowest BCUT2D eigenvalue weighted by Gasteiger charge is -2.19. The van der Waals surface area contributed by atoms with E-state index in [0.717, 1.165) is 13.1 Å². The van der Waals surface area contributed by atoms with Gasteiger partial charge in [-0.1, -0.05) is 6.92 Å². The Kier molecular flexibility index (Phi) is 2.32. The number of nitrogens with zero attached hydrogens (tertiary/aromatic N) is 1. The number of rotatable bonds is 1. The van der Waals surface area contributed by atoms with Gasteiger partial charge >= 0.3 is 0 Å². The first-order valence-corrected chi connectivity index (χ1v) is 4.03. The second-order valence-electron chi connectivity index (χ2n) is 3.59. The fraction of sp³-hybridized carbons (Fsp3) is 1.00. The van der Waals surface area contributed by atoms with Gasteiger partial charge in [0.2, 0.25) is 0 Å². The van der Waals surface area contributed by atoms with Crippen molar-refractivity contribution in [2.75, 3.05) is 13.1 Å². The van der Waals surface area contributed by atoms with Crippen LogP contribution in [0.1, 0.15) is 20.8 Å². The molecule has 0 amide bonds. The fourth-order valence-corrected chi connectivity index (χ4v) is 1.41. The zero-order valence-electron chi connectivity index (χ0n) is 7.04. The maximum Gasteiger partial charge on any atom is 0.0704 e. The fourth-order valence-electron chi connectivity index (χ4n) is 1.41. The largest absolute Gasteiger partial charge is 0.391 e. The molecule has 0 bridgehead atoms. The van der Waals surface area contributed by atoms with Crippen molar-refractivity contribution in [3.8, 4) is 0 Å². The Morgan fingerprint density at radius 3 is 2.20 bits per heavy atom. The first-order valence-electron chi connectivity index (χ1n) is 4.03. The molecule has 1 N–H and O–H groups in total. The summed E-state index contributed by atoms with van der Waals surface area (Å²) in [7, 11) is 0.